The van der Waals surface area contributed by atoms with Gasteiger partial charge in [0.05, 0.1) is 13.1 Å². The summed E-state index contributed by atoms with van der Waals surface area (Å²) in [5.41, 5.74) is 3.89. The van der Waals surface area contributed by atoms with Crippen LogP contribution in [0.5, 0.6) is 0 Å². The molecule has 0 atom stereocenters. The average molecular weight is 584 g/mol. The Morgan fingerprint density at radius 1 is 0.814 bits per heavy atom. The van der Waals surface area contributed by atoms with Crippen LogP contribution in [0.25, 0.3) is 0 Å². The first-order chi connectivity index (χ1) is 20.9. The van der Waals surface area contributed by atoms with Crippen molar-refractivity contribution in [2.45, 2.75) is 46.1 Å². The first-order valence-corrected chi connectivity index (χ1v) is 16.1. The van der Waals surface area contributed by atoms with Crippen molar-refractivity contribution in [1.82, 2.24) is 24.5 Å². The molecule has 1 saturated heterocycles. The van der Waals surface area contributed by atoms with Gasteiger partial charge in [-0.05, 0) is 75.8 Å². The molecule has 3 heterocycles. The summed E-state index contributed by atoms with van der Waals surface area (Å²) >= 11 is 0. The summed E-state index contributed by atoms with van der Waals surface area (Å²) in [7, 11) is 0. The molecule has 2 aromatic rings. The van der Waals surface area contributed by atoms with Gasteiger partial charge >= 0.3 is 0 Å². The molecule has 9 nitrogen and oxygen atoms in total. The largest absolute Gasteiger partial charge is 0.343 e. The van der Waals surface area contributed by atoms with Crippen LogP contribution in [-0.2, 0) is 6.42 Å². The molecule has 43 heavy (non-hydrogen) atoms. The van der Waals surface area contributed by atoms with Crippen LogP contribution in [0, 0.1) is 12.8 Å². The number of nitrogens with zero attached hydrogens (tertiary/aromatic N) is 7. The van der Waals surface area contributed by atoms with Crippen molar-refractivity contribution in [3.05, 3.63) is 70.8 Å². The minimum atomic E-state index is 0.0455. The van der Waals surface area contributed by atoms with Crippen molar-refractivity contribution in [2.75, 3.05) is 65.4 Å². The highest BCUT2D eigenvalue weighted by Crippen LogP contribution is 2.35. The van der Waals surface area contributed by atoms with E-state index < -0.39 is 0 Å². The topological polar surface area (TPSA) is 75.1 Å². The molecule has 1 aliphatic carbocycles. The Morgan fingerprint density at radius 3 is 2.21 bits per heavy atom. The van der Waals surface area contributed by atoms with E-state index in [0.29, 0.717) is 38.1 Å². The molecule has 3 aliphatic heterocycles. The van der Waals surface area contributed by atoms with Gasteiger partial charge in [-0.3, -0.25) is 34.3 Å². The van der Waals surface area contributed by atoms with E-state index in [4.69, 9.17) is 4.99 Å². The van der Waals surface area contributed by atoms with Gasteiger partial charge < -0.3 is 9.80 Å². The van der Waals surface area contributed by atoms with E-state index in [1.54, 1.807) is 0 Å². The Morgan fingerprint density at radius 2 is 1.49 bits per heavy atom. The molecule has 0 spiro atoms. The summed E-state index contributed by atoms with van der Waals surface area (Å²) in [5.74, 6) is 2.41. The van der Waals surface area contributed by atoms with Crippen LogP contribution in [0.15, 0.2) is 58.5 Å². The molecular weight excluding hydrogens is 538 g/mol. The fourth-order valence-electron chi connectivity index (χ4n) is 6.93. The number of carbonyl (C=O) groups is 2. The third-order valence-electron chi connectivity index (χ3n) is 9.49. The fourth-order valence-corrected chi connectivity index (χ4v) is 6.93. The maximum Gasteiger partial charge on any atom is 0.260 e. The van der Waals surface area contributed by atoms with Crippen LogP contribution in [0.1, 0.15) is 58.5 Å². The molecule has 2 fully saturated rings. The number of piperazine rings is 1. The monoisotopic (exact) mass is 583 g/mol. The second-order valence-electron chi connectivity index (χ2n) is 12.2. The lowest BCUT2D eigenvalue weighted by Crippen LogP contribution is -2.57. The molecule has 6 rings (SSSR count). The minimum Gasteiger partial charge on any atom is -0.343 e. The van der Waals surface area contributed by atoms with Gasteiger partial charge in [-0.1, -0.05) is 29.8 Å². The van der Waals surface area contributed by atoms with Crippen molar-refractivity contribution >= 4 is 23.7 Å². The Kier molecular flexibility index (Phi) is 8.79. The van der Waals surface area contributed by atoms with Crippen molar-refractivity contribution in [2.24, 2.45) is 15.9 Å². The Balaban J connectivity index is 0.980. The van der Waals surface area contributed by atoms with Gasteiger partial charge in [0.25, 0.3) is 11.8 Å². The smallest absolute Gasteiger partial charge is 0.260 e. The summed E-state index contributed by atoms with van der Waals surface area (Å²) in [6.07, 6.45) is 3.41. The first kappa shape index (κ1) is 29.4. The predicted molar refractivity (Wildman–Crippen MR) is 171 cm³/mol. The number of hydrogen-bond donors (Lipinski definition) is 0. The fraction of sp³-hybridized carbons (Fsp3) is 0.529. The predicted octanol–water partition coefficient (Wildman–Crippen LogP) is 3.60. The van der Waals surface area contributed by atoms with Crippen molar-refractivity contribution in [3.63, 3.8) is 0 Å². The highest BCUT2D eigenvalue weighted by Gasteiger charge is 2.37. The van der Waals surface area contributed by atoms with Crippen LogP contribution in [0.3, 0.4) is 0 Å². The quantitative estimate of drug-likeness (QED) is 0.498. The molecule has 0 unspecified atom stereocenters. The standard InChI is InChI=1S/C34H45N7O2/c1-4-37(5-2)33-35-13-16-41(33)32(43)29-8-6-7-26(22-29)21-27-23-30(24-27)38-17-19-39(20-18-38)34-36-14-15-40(34)31(42)28-11-9-25(3)10-12-28/h6-12,22,27,30H,4-5,13-21,23-24H2,1-3H3. The number of aliphatic imine (C=N–C) groups is 2. The lowest BCUT2D eigenvalue weighted by Gasteiger charge is -2.47. The molecule has 2 aromatic carbocycles. The van der Waals surface area contributed by atoms with E-state index in [1.807, 2.05) is 53.1 Å². The summed E-state index contributed by atoms with van der Waals surface area (Å²) in [5, 5.41) is 0. The van der Waals surface area contributed by atoms with Crippen LogP contribution in [-0.4, -0.2) is 120 Å². The van der Waals surface area contributed by atoms with E-state index in [-0.39, 0.29) is 11.8 Å². The second kappa shape index (κ2) is 12.9. The number of guanidine groups is 2. The molecular formula is C34H45N7O2. The van der Waals surface area contributed by atoms with Gasteiger partial charge in [-0.25, -0.2) is 0 Å². The maximum absolute atomic E-state index is 13.4. The number of benzene rings is 2. The van der Waals surface area contributed by atoms with E-state index >= 15 is 0 Å². The van der Waals surface area contributed by atoms with Crippen LogP contribution < -0.4 is 0 Å². The second-order valence-corrected chi connectivity index (χ2v) is 12.2. The number of rotatable bonds is 7. The zero-order valence-electron chi connectivity index (χ0n) is 25.9. The Hall–Kier alpha value is -3.72. The van der Waals surface area contributed by atoms with Crippen LogP contribution in [0.2, 0.25) is 0 Å². The van der Waals surface area contributed by atoms with E-state index in [2.05, 4.69) is 45.7 Å². The molecule has 0 N–H and O–H groups in total. The van der Waals surface area contributed by atoms with E-state index in [1.165, 1.54) is 18.4 Å². The number of carbonyl (C=O) groups excluding carboxylic acids is 2. The number of aryl methyl sites for hydroxylation is 1. The first-order valence-electron chi connectivity index (χ1n) is 16.1. The van der Waals surface area contributed by atoms with Crippen LogP contribution in [0.4, 0.5) is 0 Å². The lowest BCUT2D eigenvalue weighted by atomic mass is 9.75. The lowest BCUT2D eigenvalue weighted by molar-refractivity contribution is 0.0465. The average Bonchev–Trinajstić information content (AvgIpc) is 3.70. The number of amides is 2. The van der Waals surface area contributed by atoms with E-state index in [0.717, 1.165) is 74.3 Å². The van der Waals surface area contributed by atoms with Crippen molar-refractivity contribution in [1.29, 1.82) is 0 Å². The molecule has 2 amide bonds. The molecule has 1 saturated carbocycles. The van der Waals surface area contributed by atoms with Gasteiger partial charge in [-0.2, -0.15) is 0 Å². The molecule has 4 aliphatic rings. The molecule has 228 valence electrons. The SMILES string of the molecule is CCN(CC)C1=NCCN1C(=O)c1cccc(CC2CC(N3CCN(C4=NCCN4C(=O)c4ccc(C)cc4)CC3)C2)c1. The van der Waals surface area contributed by atoms with E-state index in [9.17, 15) is 9.59 Å². The van der Waals surface area contributed by atoms with Gasteiger partial charge in [0.15, 0.2) is 0 Å². The maximum atomic E-state index is 13.4. The third kappa shape index (κ3) is 6.18. The van der Waals surface area contributed by atoms with Crippen molar-refractivity contribution < 1.29 is 9.59 Å². The number of hydrogen-bond acceptors (Lipinski definition) is 7. The molecule has 0 aromatic heterocycles. The normalized spacial score (nSPS) is 22.3. The highest BCUT2D eigenvalue weighted by molar-refractivity contribution is 6.07. The Labute approximate surface area is 255 Å². The molecule has 9 heteroatoms. The summed E-state index contributed by atoms with van der Waals surface area (Å²) in [6, 6.07) is 16.7. The van der Waals surface area contributed by atoms with Gasteiger partial charge in [0.2, 0.25) is 11.9 Å². The summed E-state index contributed by atoms with van der Waals surface area (Å²) in [6.45, 7) is 14.4. The van der Waals surface area contributed by atoms with Crippen LogP contribution >= 0.6 is 0 Å². The highest BCUT2D eigenvalue weighted by atomic mass is 16.2. The Bertz CT molecular complexity index is 1370. The van der Waals surface area contributed by atoms with Gasteiger partial charge in [0.1, 0.15) is 0 Å². The summed E-state index contributed by atoms with van der Waals surface area (Å²) in [4.78, 5) is 46.7. The van der Waals surface area contributed by atoms with Gasteiger partial charge in [-0.15, -0.1) is 0 Å². The minimum absolute atomic E-state index is 0.0455. The molecule has 0 bridgehead atoms. The van der Waals surface area contributed by atoms with Crippen molar-refractivity contribution in [3.8, 4) is 0 Å². The zero-order chi connectivity index (χ0) is 29.9. The summed E-state index contributed by atoms with van der Waals surface area (Å²) < 4.78 is 0. The molecule has 0 radical (unpaired) electrons. The third-order valence-corrected chi connectivity index (χ3v) is 9.49. The zero-order valence-corrected chi connectivity index (χ0v) is 25.9. The van der Waals surface area contributed by atoms with Gasteiger partial charge in [0, 0.05) is 69.5 Å².